The standard InChI is InChI=1S/C15H10ClFN2O2S/c16-9-5-6-11(10(17)7-9)18-14(20)8-22-15-19-12-3-1-2-4-13(12)21-15/h1-7H,8H2,(H,18,20). The van der Waals surface area contributed by atoms with Crippen molar-refractivity contribution in [3.05, 3.63) is 53.3 Å². The Labute approximate surface area is 134 Å². The van der Waals surface area contributed by atoms with Gasteiger partial charge in [-0.25, -0.2) is 9.37 Å². The van der Waals surface area contributed by atoms with Crippen LogP contribution in [0.5, 0.6) is 0 Å². The van der Waals surface area contributed by atoms with Gasteiger partial charge < -0.3 is 9.73 Å². The Hall–Kier alpha value is -2.05. The average Bonchev–Trinajstić information content (AvgIpc) is 2.91. The SMILES string of the molecule is O=C(CSc1nc2ccccc2o1)Nc1ccc(Cl)cc1F. The first-order valence-electron chi connectivity index (χ1n) is 6.35. The number of para-hydroxylation sites is 2. The Morgan fingerprint density at radius 1 is 1.32 bits per heavy atom. The molecule has 3 rings (SSSR count). The van der Waals surface area contributed by atoms with E-state index in [1.54, 1.807) is 6.07 Å². The van der Waals surface area contributed by atoms with Crippen molar-refractivity contribution in [3.8, 4) is 0 Å². The minimum Gasteiger partial charge on any atom is -0.431 e. The van der Waals surface area contributed by atoms with Crippen LogP contribution in [0.4, 0.5) is 10.1 Å². The third-order valence-corrected chi connectivity index (χ3v) is 3.87. The molecule has 0 saturated heterocycles. The molecular formula is C15H10ClFN2O2S. The second kappa shape index (κ2) is 6.37. The quantitative estimate of drug-likeness (QED) is 0.720. The number of carbonyl (C=O) groups excluding carboxylic acids is 1. The molecule has 1 amide bonds. The second-order valence-corrected chi connectivity index (χ2v) is 5.77. The number of amides is 1. The number of benzene rings is 2. The molecule has 7 heteroatoms. The number of rotatable bonds is 4. The van der Waals surface area contributed by atoms with Crippen LogP contribution in [-0.2, 0) is 4.79 Å². The van der Waals surface area contributed by atoms with Crippen molar-refractivity contribution in [3.63, 3.8) is 0 Å². The monoisotopic (exact) mass is 336 g/mol. The highest BCUT2D eigenvalue weighted by molar-refractivity contribution is 7.99. The summed E-state index contributed by atoms with van der Waals surface area (Å²) in [6.45, 7) is 0. The van der Waals surface area contributed by atoms with Gasteiger partial charge in [0.2, 0.25) is 5.91 Å². The Morgan fingerprint density at radius 2 is 2.14 bits per heavy atom. The summed E-state index contributed by atoms with van der Waals surface area (Å²) in [4.78, 5) is 16.1. The first-order valence-corrected chi connectivity index (χ1v) is 7.71. The molecule has 0 radical (unpaired) electrons. The molecule has 0 fully saturated rings. The van der Waals surface area contributed by atoms with Crippen LogP contribution in [0.3, 0.4) is 0 Å². The Kier molecular flexibility index (Phi) is 4.31. The van der Waals surface area contributed by atoms with Crippen molar-refractivity contribution in [2.24, 2.45) is 0 Å². The van der Waals surface area contributed by atoms with Crippen molar-refractivity contribution in [1.29, 1.82) is 0 Å². The van der Waals surface area contributed by atoms with Crippen molar-refractivity contribution in [2.75, 3.05) is 11.1 Å². The van der Waals surface area contributed by atoms with Gasteiger partial charge in [0.25, 0.3) is 5.22 Å². The van der Waals surface area contributed by atoms with Crippen LogP contribution in [0.25, 0.3) is 11.1 Å². The Morgan fingerprint density at radius 3 is 2.91 bits per heavy atom. The molecular weight excluding hydrogens is 327 g/mol. The van der Waals surface area contributed by atoms with Gasteiger partial charge in [0.1, 0.15) is 11.3 Å². The highest BCUT2D eigenvalue weighted by Gasteiger charge is 2.11. The molecule has 1 aromatic heterocycles. The number of carbonyl (C=O) groups is 1. The van der Waals surface area contributed by atoms with Gasteiger partial charge in [-0.05, 0) is 30.3 Å². The van der Waals surface area contributed by atoms with Crippen LogP contribution < -0.4 is 5.32 Å². The van der Waals surface area contributed by atoms with E-state index in [0.29, 0.717) is 10.8 Å². The molecule has 0 spiro atoms. The largest absolute Gasteiger partial charge is 0.431 e. The topological polar surface area (TPSA) is 55.1 Å². The molecule has 3 aromatic rings. The normalized spacial score (nSPS) is 10.8. The maximum atomic E-state index is 13.6. The fourth-order valence-electron chi connectivity index (χ4n) is 1.82. The van der Waals surface area contributed by atoms with E-state index < -0.39 is 5.82 Å². The molecule has 2 aromatic carbocycles. The maximum absolute atomic E-state index is 13.6. The van der Waals surface area contributed by atoms with E-state index in [1.807, 2.05) is 18.2 Å². The second-order valence-electron chi connectivity index (χ2n) is 4.41. The molecule has 112 valence electrons. The maximum Gasteiger partial charge on any atom is 0.257 e. The fourth-order valence-corrected chi connectivity index (χ4v) is 2.61. The van der Waals surface area contributed by atoms with E-state index >= 15 is 0 Å². The van der Waals surface area contributed by atoms with Crippen LogP contribution in [0.2, 0.25) is 5.02 Å². The first-order chi connectivity index (χ1) is 10.6. The van der Waals surface area contributed by atoms with Crippen molar-refractivity contribution in [2.45, 2.75) is 5.22 Å². The van der Waals surface area contributed by atoms with Gasteiger partial charge in [-0.1, -0.05) is 35.5 Å². The zero-order valence-corrected chi connectivity index (χ0v) is 12.7. The van der Waals surface area contributed by atoms with Crippen LogP contribution in [0, 0.1) is 5.82 Å². The summed E-state index contributed by atoms with van der Waals surface area (Å²) >= 11 is 6.80. The number of oxazole rings is 1. The van der Waals surface area contributed by atoms with Crippen molar-refractivity contribution in [1.82, 2.24) is 4.98 Å². The number of thioether (sulfide) groups is 1. The lowest BCUT2D eigenvalue weighted by Gasteiger charge is -2.05. The summed E-state index contributed by atoms with van der Waals surface area (Å²) in [5.41, 5.74) is 1.48. The van der Waals surface area contributed by atoms with E-state index in [-0.39, 0.29) is 22.4 Å². The molecule has 1 heterocycles. The van der Waals surface area contributed by atoms with E-state index in [2.05, 4.69) is 10.3 Å². The highest BCUT2D eigenvalue weighted by Crippen LogP contribution is 2.24. The zero-order chi connectivity index (χ0) is 15.5. The summed E-state index contributed by atoms with van der Waals surface area (Å²) in [5.74, 6) is -0.865. The number of hydrogen-bond donors (Lipinski definition) is 1. The number of aromatic nitrogens is 1. The number of fused-ring (bicyclic) bond motifs is 1. The van der Waals surface area contributed by atoms with Gasteiger partial charge >= 0.3 is 0 Å². The molecule has 0 aliphatic carbocycles. The average molecular weight is 337 g/mol. The summed E-state index contributed by atoms with van der Waals surface area (Å²) in [7, 11) is 0. The van der Waals surface area contributed by atoms with Crippen LogP contribution in [-0.4, -0.2) is 16.6 Å². The van der Waals surface area contributed by atoms with Gasteiger partial charge in [-0.2, -0.15) is 0 Å². The van der Waals surface area contributed by atoms with E-state index in [9.17, 15) is 9.18 Å². The molecule has 0 aliphatic heterocycles. The smallest absolute Gasteiger partial charge is 0.257 e. The van der Waals surface area contributed by atoms with Gasteiger partial charge in [0.05, 0.1) is 11.4 Å². The van der Waals surface area contributed by atoms with Gasteiger partial charge in [-0.15, -0.1) is 0 Å². The third-order valence-electron chi connectivity index (χ3n) is 2.81. The molecule has 22 heavy (non-hydrogen) atoms. The van der Waals surface area contributed by atoms with Crippen LogP contribution >= 0.6 is 23.4 Å². The van der Waals surface area contributed by atoms with Crippen molar-refractivity contribution >= 4 is 46.1 Å². The number of halogens is 2. The molecule has 0 aliphatic rings. The number of anilines is 1. The predicted octanol–water partition coefficient (Wildman–Crippen LogP) is 4.35. The van der Waals surface area contributed by atoms with E-state index in [1.165, 1.54) is 12.1 Å². The first kappa shape index (κ1) is 14.9. The summed E-state index contributed by atoms with van der Waals surface area (Å²) in [6, 6.07) is 11.4. The van der Waals surface area contributed by atoms with Gasteiger partial charge in [-0.3, -0.25) is 4.79 Å². The number of hydrogen-bond acceptors (Lipinski definition) is 4. The highest BCUT2D eigenvalue weighted by atomic mass is 35.5. The van der Waals surface area contributed by atoms with E-state index in [0.717, 1.165) is 23.3 Å². The molecule has 0 atom stereocenters. The summed E-state index contributed by atoms with van der Waals surface area (Å²) < 4.78 is 19.1. The molecule has 0 saturated carbocycles. The van der Waals surface area contributed by atoms with Crippen molar-refractivity contribution < 1.29 is 13.6 Å². The summed E-state index contributed by atoms with van der Waals surface area (Å²) in [6.07, 6.45) is 0. The minimum atomic E-state index is -0.576. The van der Waals surface area contributed by atoms with E-state index in [4.69, 9.17) is 16.0 Å². The lowest BCUT2D eigenvalue weighted by atomic mass is 10.3. The number of nitrogens with one attached hydrogen (secondary N) is 1. The number of nitrogens with zero attached hydrogens (tertiary/aromatic N) is 1. The third kappa shape index (κ3) is 3.40. The van der Waals surface area contributed by atoms with Gasteiger partial charge in [0, 0.05) is 5.02 Å². The zero-order valence-electron chi connectivity index (χ0n) is 11.2. The molecule has 0 unspecified atom stereocenters. The Bertz CT molecular complexity index is 804. The predicted molar refractivity (Wildman–Crippen MR) is 84.8 cm³/mol. The van der Waals surface area contributed by atoms with Crippen LogP contribution in [0.1, 0.15) is 0 Å². The van der Waals surface area contributed by atoms with Gasteiger partial charge in [0.15, 0.2) is 5.58 Å². The summed E-state index contributed by atoms with van der Waals surface area (Å²) in [5, 5.41) is 3.15. The van der Waals surface area contributed by atoms with Crippen LogP contribution in [0.15, 0.2) is 52.1 Å². The Balaban J connectivity index is 1.62. The fraction of sp³-hybridized carbons (Fsp3) is 0.0667. The lowest BCUT2D eigenvalue weighted by molar-refractivity contribution is -0.113. The molecule has 0 bridgehead atoms. The minimum absolute atomic E-state index is 0.0644. The molecule has 4 nitrogen and oxygen atoms in total. The molecule has 1 N–H and O–H groups in total. The lowest BCUT2D eigenvalue weighted by Crippen LogP contribution is -2.15.